The van der Waals surface area contributed by atoms with Crippen LogP contribution in [0.3, 0.4) is 0 Å². The molecule has 1 aliphatic heterocycles. The summed E-state index contributed by atoms with van der Waals surface area (Å²) in [6, 6.07) is 6.10. The second-order valence-corrected chi connectivity index (χ2v) is 10.3. The number of nitrogens with zero attached hydrogens (tertiary/aromatic N) is 4. The molecule has 2 aromatic heterocycles. The van der Waals surface area contributed by atoms with Crippen molar-refractivity contribution in [1.82, 2.24) is 30.2 Å². The molecule has 176 valence electrons. The predicted molar refractivity (Wildman–Crippen MR) is 124 cm³/mol. The molecule has 3 heterocycles. The molecule has 3 aromatic rings. The lowest BCUT2D eigenvalue weighted by Gasteiger charge is -2.16. The Morgan fingerprint density at radius 3 is 2.50 bits per heavy atom. The van der Waals surface area contributed by atoms with Crippen molar-refractivity contribution < 1.29 is 18.0 Å². The molecule has 3 amide bonds. The number of fused-ring (bicyclic) bond motifs is 1. The van der Waals surface area contributed by atoms with E-state index in [1.165, 1.54) is 12.3 Å². The number of hydrogen-bond acceptors (Lipinski definition) is 9. The zero-order valence-corrected chi connectivity index (χ0v) is 19.2. The Kier molecular flexibility index (Phi) is 5.20. The fourth-order valence-electron chi connectivity index (χ4n) is 3.48. The Labute approximate surface area is 194 Å². The Balaban J connectivity index is 1.48. The minimum Gasteiger partial charge on any atom is -0.351 e. The maximum atomic E-state index is 11.9. The predicted octanol–water partition coefficient (Wildman–Crippen LogP) is 1.46. The van der Waals surface area contributed by atoms with E-state index in [0.29, 0.717) is 29.1 Å². The van der Waals surface area contributed by atoms with Crippen LogP contribution in [0.4, 0.5) is 16.7 Å². The van der Waals surface area contributed by atoms with Crippen molar-refractivity contribution in [2.45, 2.75) is 36.7 Å². The lowest BCUT2D eigenvalue weighted by atomic mass is 10.1. The summed E-state index contributed by atoms with van der Waals surface area (Å²) in [6.07, 6.45) is 6.28. The number of hydrogen-bond donors (Lipinski definition) is 4. The van der Waals surface area contributed by atoms with E-state index >= 15 is 0 Å². The van der Waals surface area contributed by atoms with E-state index in [9.17, 15) is 18.0 Å². The number of sulfone groups is 1. The van der Waals surface area contributed by atoms with Gasteiger partial charge < -0.3 is 16.0 Å². The van der Waals surface area contributed by atoms with Crippen LogP contribution in [0.5, 0.6) is 0 Å². The third-order valence-corrected chi connectivity index (χ3v) is 6.61. The highest BCUT2D eigenvalue weighted by molar-refractivity contribution is 7.90. The van der Waals surface area contributed by atoms with Gasteiger partial charge in [0.2, 0.25) is 11.9 Å². The number of carbonyl (C=O) groups excluding carboxylic acids is 2. The van der Waals surface area contributed by atoms with E-state index in [4.69, 9.17) is 0 Å². The van der Waals surface area contributed by atoms with E-state index < -0.39 is 21.8 Å². The van der Waals surface area contributed by atoms with E-state index in [0.717, 1.165) is 18.4 Å². The number of urea groups is 1. The maximum absolute atomic E-state index is 11.9. The quantitative estimate of drug-likeness (QED) is 0.289. The van der Waals surface area contributed by atoms with Crippen molar-refractivity contribution >= 4 is 45.4 Å². The zero-order chi connectivity index (χ0) is 24.0. The Bertz CT molecular complexity index is 1440. The van der Waals surface area contributed by atoms with Gasteiger partial charge in [0, 0.05) is 17.9 Å². The molecule has 1 aliphatic carbocycles. The SMILES string of the molecule is CC(Nc1nc(NC2CC2)n2ncc(/C=C3\NC(=O)NC3=O)c2n1)c1ccc(S(C)(=O)=O)cc1. The minimum absolute atomic E-state index is 0.101. The van der Waals surface area contributed by atoms with E-state index in [2.05, 4.69) is 36.3 Å². The molecule has 1 saturated heterocycles. The third-order valence-electron chi connectivity index (χ3n) is 5.48. The van der Waals surface area contributed by atoms with Crippen molar-refractivity contribution in [2.75, 3.05) is 16.9 Å². The highest BCUT2D eigenvalue weighted by Gasteiger charge is 2.26. The average molecular weight is 483 g/mol. The van der Waals surface area contributed by atoms with Gasteiger partial charge in [-0.25, -0.2) is 13.2 Å². The van der Waals surface area contributed by atoms with E-state index in [1.54, 1.807) is 35.0 Å². The topological polar surface area (TPSA) is 159 Å². The molecule has 4 N–H and O–H groups in total. The number of anilines is 2. The molecule has 1 unspecified atom stereocenters. The monoisotopic (exact) mass is 482 g/mol. The molecule has 1 aromatic carbocycles. The van der Waals surface area contributed by atoms with Gasteiger partial charge in [0.15, 0.2) is 15.5 Å². The van der Waals surface area contributed by atoms with Crippen molar-refractivity contribution in [3.05, 3.63) is 47.3 Å². The maximum Gasteiger partial charge on any atom is 0.326 e. The first kappa shape index (κ1) is 21.8. The molecule has 13 heteroatoms. The zero-order valence-electron chi connectivity index (χ0n) is 18.4. The fourth-order valence-corrected chi connectivity index (χ4v) is 4.11. The van der Waals surface area contributed by atoms with Gasteiger partial charge in [-0.05, 0) is 43.5 Å². The van der Waals surface area contributed by atoms with Gasteiger partial charge in [-0.1, -0.05) is 12.1 Å². The Morgan fingerprint density at radius 2 is 1.88 bits per heavy atom. The van der Waals surface area contributed by atoms with Gasteiger partial charge in [0.05, 0.1) is 17.1 Å². The molecule has 0 bridgehead atoms. The van der Waals surface area contributed by atoms with Crippen LogP contribution >= 0.6 is 0 Å². The molecular formula is C21H22N8O4S. The molecule has 0 spiro atoms. The average Bonchev–Trinajstić information content (AvgIpc) is 3.42. The largest absolute Gasteiger partial charge is 0.351 e. The smallest absolute Gasteiger partial charge is 0.326 e. The molecule has 12 nitrogen and oxygen atoms in total. The normalized spacial score (nSPS) is 18.1. The van der Waals surface area contributed by atoms with Crippen molar-refractivity contribution in [3.63, 3.8) is 0 Å². The van der Waals surface area contributed by atoms with Crippen LogP contribution in [-0.4, -0.2) is 52.2 Å². The van der Waals surface area contributed by atoms with Gasteiger partial charge in [-0.15, -0.1) is 0 Å². The van der Waals surface area contributed by atoms with Crippen molar-refractivity contribution in [1.29, 1.82) is 0 Å². The lowest BCUT2D eigenvalue weighted by molar-refractivity contribution is -0.115. The second kappa shape index (κ2) is 8.09. The van der Waals surface area contributed by atoms with Gasteiger partial charge in [-0.2, -0.15) is 19.6 Å². The third kappa shape index (κ3) is 4.41. The molecule has 2 fully saturated rings. The molecule has 0 radical (unpaired) electrons. The van der Waals surface area contributed by atoms with Crippen LogP contribution in [-0.2, 0) is 14.6 Å². The summed E-state index contributed by atoms with van der Waals surface area (Å²) in [5, 5.41) is 15.5. The van der Waals surface area contributed by atoms with Crippen molar-refractivity contribution in [3.8, 4) is 0 Å². The van der Waals surface area contributed by atoms with Gasteiger partial charge >= 0.3 is 6.03 Å². The summed E-state index contributed by atoms with van der Waals surface area (Å²) >= 11 is 0. The molecule has 2 aliphatic rings. The lowest BCUT2D eigenvalue weighted by Crippen LogP contribution is -2.22. The number of imide groups is 1. The highest BCUT2D eigenvalue weighted by atomic mass is 32.2. The van der Waals surface area contributed by atoms with Crippen molar-refractivity contribution in [2.24, 2.45) is 0 Å². The van der Waals surface area contributed by atoms with E-state index in [-0.39, 0.29) is 16.6 Å². The second-order valence-electron chi connectivity index (χ2n) is 8.30. The highest BCUT2D eigenvalue weighted by Crippen LogP contribution is 2.27. The van der Waals surface area contributed by atoms with Gasteiger partial charge in [0.1, 0.15) is 5.70 Å². The number of amides is 3. The molecule has 34 heavy (non-hydrogen) atoms. The van der Waals surface area contributed by atoms with E-state index in [1.807, 2.05) is 6.92 Å². The summed E-state index contributed by atoms with van der Waals surface area (Å²) in [6.45, 7) is 1.91. The molecule has 5 rings (SSSR count). The summed E-state index contributed by atoms with van der Waals surface area (Å²) in [4.78, 5) is 32.8. The number of aromatic nitrogens is 4. The molecular weight excluding hydrogens is 460 g/mol. The summed E-state index contributed by atoms with van der Waals surface area (Å²) in [5.74, 6) is 0.300. The number of carbonyl (C=O) groups is 2. The first-order valence-electron chi connectivity index (χ1n) is 10.6. The Morgan fingerprint density at radius 1 is 1.15 bits per heavy atom. The Hall–Kier alpha value is -4.00. The molecule has 1 atom stereocenters. The summed E-state index contributed by atoms with van der Waals surface area (Å²) < 4.78 is 25.0. The van der Waals surface area contributed by atoms with Crippen LogP contribution in [0.1, 0.15) is 36.9 Å². The number of nitrogens with one attached hydrogen (secondary N) is 4. The van der Waals surface area contributed by atoms with Crippen LogP contribution in [0.2, 0.25) is 0 Å². The number of benzene rings is 1. The van der Waals surface area contributed by atoms with Crippen LogP contribution < -0.4 is 21.3 Å². The standard InChI is InChI=1S/C21H22N8O4S/c1-11(12-3-7-15(8-4-12)34(2,32)33)23-19-26-17-13(9-16-18(30)27-21(31)25-16)10-22-29(17)20(28-19)24-14-5-6-14/h3-4,7-11,14H,5-6H2,1-2H3,(H2,23,24,26,28)(H2,25,27,30,31)/b16-9-. The first-order valence-corrected chi connectivity index (χ1v) is 12.5. The van der Waals surface area contributed by atoms with Crippen LogP contribution in [0.25, 0.3) is 11.7 Å². The van der Waals surface area contributed by atoms with Crippen LogP contribution in [0.15, 0.2) is 41.1 Å². The fraction of sp³-hybridized carbons (Fsp3) is 0.286. The first-order chi connectivity index (χ1) is 16.2. The summed E-state index contributed by atoms with van der Waals surface area (Å²) in [5.41, 5.74) is 1.93. The summed E-state index contributed by atoms with van der Waals surface area (Å²) in [7, 11) is -3.28. The van der Waals surface area contributed by atoms with Gasteiger partial charge in [0.25, 0.3) is 5.91 Å². The van der Waals surface area contributed by atoms with Gasteiger partial charge in [-0.3, -0.25) is 10.1 Å². The number of rotatable bonds is 7. The van der Waals surface area contributed by atoms with Crippen LogP contribution in [0, 0.1) is 0 Å². The molecule has 1 saturated carbocycles. The minimum atomic E-state index is -3.28.